The van der Waals surface area contributed by atoms with Crippen molar-refractivity contribution in [2.24, 2.45) is 5.14 Å². The molecule has 0 aliphatic carbocycles. The fourth-order valence-corrected chi connectivity index (χ4v) is 4.35. The molecule has 1 atom stereocenters. The fourth-order valence-electron chi connectivity index (χ4n) is 3.04. The van der Waals surface area contributed by atoms with Crippen LogP contribution < -0.4 is 10.5 Å². The first-order valence-corrected chi connectivity index (χ1v) is 10.9. The third-order valence-electron chi connectivity index (χ3n) is 4.41. The summed E-state index contributed by atoms with van der Waals surface area (Å²) in [6.45, 7) is 0. The van der Waals surface area contributed by atoms with Crippen LogP contribution in [0.5, 0.6) is 5.75 Å². The van der Waals surface area contributed by atoms with E-state index < -0.39 is 10.0 Å². The summed E-state index contributed by atoms with van der Waals surface area (Å²) in [5.74, 6) is 0.116. The summed E-state index contributed by atoms with van der Waals surface area (Å²) in [7, 11) is -3.75. The molecule has 142 valence electrons. The van der Waals surface area contributed by atoms with Gasteiger partial charge in [0.1, 0.15) is 11.3 Å². The van der Waals surface area contributed by atoms with E-state index in [-0.39, 0.29) is 16.7 Å². The first kappa shape index (κ1) is 18.4. The van der Waals surface area contributed by atoms with E-state index in [0.29, 0.717) is 16.8 Å². The maximum atomic E-state index is 11.5. The quantitative estimate of drug-likeness (QED) is 0.463. The predicted octanol–water partition coefficient (Wildman–Crippen LogP) is 3.85. The molecule has 0 spiro atoms. The van der Waals surface area contributed by atoms with Gasteiger partial charge in [-0.25, -0.2) is 13.6 Å². The summed E-state index contributed by atoms with van der Waals surface area (Å²) in [6, 6.07) is 17.3. The average Bonchev–Trinajstić information content (AvgIpc) is 3.21. The Morgan fingerprint density at radius 3 is 2.50 bits per heavy atom. The van der Waals surface area contributed by atoms with Gasteiger partial charge in [-0.15, -0.1) is 11.3 Å². The number of benzene rings is 2. The van der Waals surface area contributed by atoms with E-state index in [9.17, 15) is 13.5 Å². The minimum Gasteiger partial charge on any atom is -0.505 e. The smallest absolute Gasteiger partial charge is 0.238 e. The lowest BCUT2D eigenvalue weighted by Gasteiger charge is -2.21. The van der Waals surface area contributed by atoms with Gasteiger partial charge in [-0.2, -0.15) is 0 Å². The highest BCUT2D eigenvalue weighted by Crippen LogP contribution is 2.37. The zero-order valence-electron chi connectivity index (χ0n) is 14.6. The minimum atomic E-state index is -3.75. The van der Waals surface area contributed by atoms with Crippen molar-refractivity contribution in [2.75, 3.05) is 5.32 Å². The normalized spacial score (nSPS) is 12.8. The molecule has 0 aliphatic heterocycles. The van der Waals surface area contributed by atoms with Crippen molar-refractivity contribution in [3.8, 4) is 5.75 Å². The van der Waals surface area contributed by atoms with Crippen LogP contribution in [-0.4, -0.2) is 18.5 Å². The first-order chi connectivity index (χ1) is 13.4. The van der Waals surface area contributed by atoms with Gasteiger partial charge in [0, 0.05) is 27.7 Å². The van der Waals surface area contributed by atoms with Crippen molar-refractivity contribution in [1.29, 1.82) is 0 Å². The van der Waals surface area contributed by atoms with Gasteiger partial charge in [-0.1, -0.05) is 24.3 Å². The molecule has 1 unspecified atom stereocenters. The van der Waals surface area contributed by atoms with Crippen LogP contribution in [0.1, 0.15) is 16.5 Å². The number of fused-ring (bicyclic) bond motifs is 1. The zero-order valence-corrected chi connectivity index (χ0v) is 16.2. The summed E-state index contributed by atoms with van der Waals surface area (Å²) in [5, 5.41) is 22.2. The topological polar surface area (TPSA) is 105 Å². The van der Waals surface area contributed by atoms with Gasteiger partial charge >= 0.3 is 0 Å². The third kappa shape index (κ3) is 3.57. The van der Waals surface area contributed by atoms with Crippen molar-refractivity contribution in [3.63, 3.8) is 0 Å². The number of aromatic nitrogens is 1. The van der Waals surface area contributed by atoms with Crippen LogP contribution in [0.4, 0.5) is 5.69 Å². The number of primary sulfonamides is 1. The fraction of sp³-hybridized carbons (Fsp3) is 0.0500. The summed E-state index contributed by atoms with van der Waals surface area (Å²) in [4.78, 5) is 5.34. The first-order valence-electron chi connectivity index (χ1n) is 8.43. The molecule has 8 heteroatoms. The van der Waals surface area contributed by atoms with Crippen LogP contribution in [0.15, 0.2) is 77.1 Å². The number of hydrogen-bond donors (Lipinski definition) is 3. The van der Waals surface area contributed by atoms with E-state index in [1.807, 2.05) is 41.8 Å². The van der Waals surface area contributed by atoms with Gasteiger partial charge in [0.25, 0.3) is 0 Å². The number of pyridine rings is 1. The molecule has 0 radical (unpaired) electrons. The molecule has 4 aromatic rings. The second kappa shape index (κ2) is 7.23. The average molecular weight is 412 g/mol. The molecule has 4 rings (SSSR count). The molecule has 28 heavy (non-hydrogen) atoms. The molecule has 0 bridgehead atoms. The molecule has 0 aliphatic rings. The lowest BCUT2D eigenvalue weighted by Crippen LogP contribution is -2.13. The van der Waals surface area contributed by atoms with E-state index in [1.165, 1.54) is 12.1 Å². The van der Waals surface area contributed by atoms with Crippen LogP contribution in [0, 0.1) is 0 Å². The second-order valence-corrected chi connectivity index (χ2v) is 8.78. The van der Waals surface area contributed by atoms with Gasteiger partial charge in [-0.05, 0) is 41.8 Å². The Morgan fingerprint density at radius 1 is 1.04 bits per heavy atom. The van der Waals surface area contributed by atoms with Gasteiger partial charge in [0.2, 0.25) is 10.0 Å². The monoisotopic (exact) mass is 411 g/mol. The SMILES string of the molecule is NS(=O)(=O)c1ccc(NC(c2cccs2)c2ccc3cccnc3c2O)cc1. The number of rotatable bonds is 5. The molecule has 2 aromatic carbocycles. The van der Waals surface area contributed by atoms with Gasteiger partial charge in [0.15, 0.2) is 0 Å². The Morgan fingerprint density at radius 2 is 1.82 bits per heavy atom. The standard InChI is InChI=1S/C20H17N3O3S2/c21-28(25,26)15-8-6-14(7-9-15)23-19(17-4-2-12-27-17)16-10-5-13-3-1-11-22-18(13)20(16)24/h1-12,19,23-24H,(H2,21,25,26). The summed E-state index contributed by atoms with van der Waals surface area (Å²) in [5.41, 5.74) is 1.92. The van der Waals surface area contributed by atoms with Crippen molar-refractivity contribution in [3.05, 3.63) is 82.7 Å². The van der Waals surface area contributed by atoms with Crippen LogP contribution in [-0.2, 0) is 10.0 Å². The van der Waals surface area contributed by atoms with E-state index >= 15 is 0 Å². The van der Waals surface area contributed by atoms with Gasteiger partial charge in [0.05, 0.1) is 10.9 Å². The number of phenolic OH excluding ortho intramolecular Hbond substituents is 1. The molecular weight excluding hydrogens is 394 g/mol. The summed E-state index contributed by atoms with van der Waals surface area (Å²) >= 11 is 1.56. The number of hydrogen-bond acceptors (Lipinski definition) is 6. The molecular formula is C20H17N3O3S2. The number of sulfonamides is 1. The summed E-state index contributed by atoms with van der Waals surface area (Å²) < 4.78 is 22.9. The lowest BCUT2D eigenvalue weighted by molar-refractivity contribution is 0.472. The minimum absolute atomic E-state index is 0.0449. The number of aromatic hydroxyl groups is 1. The molecule has 6 nitrogen and oxygen atoms in total. The van der Waals surface area contributed by atoms with Crippen LogP contribution in [0.2, 0.25) is 0 Å². The number of thiophene rings is 1. The molecule has 2 aromatic heterocycles. The Bertz CT molecular complexity index is 1220. The Hall–Kier alpha value is -2.94. The van der Waals surface area contributed by atoms with Crippen molar-refractivity contribution >= 4 is 38.0 Å². The zero-order chi connectivity index (χ0) is 19.7. The van der Waals surface area contributed by atoms with Crippen LogP contribution in [0.25, 0.3) is 10.9 Å². The van der Waals surface area contributed by atoms with Crippen LogP contribution >= 0.6 is 11.3 Å². The number of nitrogens with two attached hydrogens (primary N) is 1. The maximum absolute atomic E-state index is 11.5. The molecule has 0 fully saturated rings. The number of nitrogens with one attached hydrogen (secondary N) is 1. The molecule has 2 heterocycles. The molecule has 0 saturated heterocycles. The van der Waals surface area contributed by atoms with Gasteiger partial charge < -0.3 is 10.4 Å². The predicted molar refractivity (Wildman–Crippen MR) is 111 cm³/mol. The highest BCUT2D eigenvalue weighted by molar-refractivity contribution is 7.89. The second-order valence-electron chi connectivity index (χ2n) is 6.24. The van der Waals surface area contributed by atoms with E-state index in [1.54, 1.807) is 29.7 Å². The Balaban J connectivity index is 1.76. The summed E-state index contributed by atoms with van der Waals surface area (Å²) in [6.07, 6.45) is 1.64. The van der Waals surface area contributed by atoms with Crippen molar-refractivity contribution < 1.29 is 13.5 Å². The van der Waals surface area contributed by atoms with E-state index in [0.717, 1.165) is 10.3 Å². The molecule has 4 N–H and O–H groups in total. The number of phenols is 1. The molecule has 0 saturated carbocycles. The van der Waals surface area contributed by atoms with Gasteiger partial charge in [-0.3, -0.25) is 4.98 Å². The maximum Gasteiger partial charge on any atom is 0.238 e. The Kier molecular flexibility index (Phi) is 4.76. The van der Waals surface area contributed by atoms with Crippen molar-refractivity contribution in [2.45, 2.75) is 10.9 Å². The number of nitrogens with zero attached hydrogens (tertiary/aromatic N) is 1. The highest BCUT2D eigenvalue weighted by atomic mass is 32.2. The van der Waals surface area contributed by atoms with E-state index in [2.05, 4.69) is 10.3 Å². The van der Waals surface area contributed by atoms with E-state index in [4.69, 9.17) is 5.14 Å². The lowest BCUT2D eigenvalue weighted by atomic mass is 10.0. The van der Waals surface area contributed by atoms with Crippen molar-refractivity contribution in [1.82, 2.24) is 4.98 Å². The highest BCUT2D eigenvalue weighted by Gasteiger charge is 2.21. The molecule has 0 amide bonds. The Labute approximate surface area is 166 Å². The largest absolute Gasteiger partial charge is 0.505 e. The number of anilines is 1. The van der Waals surface area contributed by atoms with Crippen LogP contribution in [0.3, 0.4) is 0 Å². The third-order valence-corrected chi connectivity index (χ3v) is 6.28.